The molecule has 148 valence electrons. The second kappa shape index (κ2) is 8.53. The van der Waals surface area contributed by atoms with Crippen LogP contribution in [0.4, 0.5) is 4.39 Å². The van der Waals surface area contributed by atoms with Crippen molar-refractivity contribution in [2.24, 2.45) is 5.73 Å². The molecule has 0 bridgehead atoms. The van der Waals surface area contributed by atoms with Crippen LogP contribution in [-0.2, 0) is 6.54 Å². The van der Waals surface area contributed by atoms with Crippen LogP contribution in [0.2, 0.25) is 0 Å². The first-order chi connectivity index (χ1) is 14.1. The molecule has 3 aromatic rings. The molecule has 1 aliphatic heterocycles. The van der Waals surface area contributed by atoms with Crippen molar-refractivity contribution in [3.05, 3.63) is 89.4 Å². The Balaban J connectivity index is 1.51. The molecule has 29 heavy (non-hydrogen) atoms. The predicted molar refractivity (Wildman–Crippen MR) is 112 cm³/mol. The smallest absolute Gasteiger partial charge is 0.248 e. The Morgan fingerprint density at radius 1 is 1.10 bits per heavy atom. The molecule has 5 heteroatoms. The standard InChI is InChI=1S/C24H24FN3O/c25-21-11-9-17(10-12-21)15-28-13-3-6-20(16-28)23-8-2-7-22(27-23)18-4-1-5-19(14-18)24(26)29/h1-2,4-5,7-12,14,20H,3,6,13,15-16H2,(H2,26,29)/t20-/m0/s1. The summed E-state index contributed by atoms with van der Waals surface area (Å²) < 4.78 is 13.1. The van der Waals surface area contributed by atoms with Crippen LogP contribution in [0.25, 0.3) is 11.3 Å². The van der Waals surface area contributed by atoms with Gasteiger partial charge >= 0.3 is 0 Å². The van der Waals surface area contributed by atoms with E-state index in [1.165, 1.54) is 12.1 Å². The van der Waals surface area contributed by atoms with E-state index in [2.05, 4.69) is 11.0 Å². The van der Waals surface area contributed by atoms with E-state index in [0.717, 1.165) is 55.0 Å². The summed E-state index contributed by atoms with van der Waals surface area (Å²) in [6.07, 6.45) is 2.20. The molecule has 1 saturated heterocycles. The molecule has 2 heterocycles. The third kappa shape index (κ3) is 4.69. The lowest BCUT2D eigenvalue weighted by Crippen LogP contribution is -2.34. The van der Waals surface area contributed by atoms with Gasteiger partial charge in [0.1, 0.15) is 5.82 Å². The van der Waals surface area contributed by atoms with E-state index in [9.17, 15) is 9.18 Å². The van der Waals surface area contributed by atoms with Gasteiger partial charge in [-0.1, -0.05) is 30.3 Å². The average molecular weight is 389 g/mol. The van der Waals surface area contributed by atoms with Crippen molar-refractivity contribution < 1.29 is 9.18 Å². The Morgan fingerprint density at radius 2 is 1.90 bits per heavy atom. The fraction of sp³-hybridized carbons (Fsp3) is 0.250. The lowest BCUT2D eigenvalue weighted by Gasteiger charge is -2.32. The minimum Gasteiger partial charge on any atom is -0.366 e. The zero-order valence-corrected chi connectivity index (χ0v) is 16.2. The number of nitrogens with two attached hydrogens (primary N) is 1. The summed E-state index contributed by atoms with van der Waals surface area (Å²) in [7, 11) is 0. The molecule has 4 rings (SSSR count). The van der Waals surface area contributed by atoms with Crippen molar-refractivity contribution in [1.29, 1.82) is 0 Å². The number of rotatable bonds is 5. The summed E-state index contributed by atoms with van der Waals surface area (Å²) in [4.78, 5) is 18.8. The number of halogens is 1. The largest absolute Gasteiger partial charge is 0.366 e. The Morgan fingerprint density at radius 3 is 2.69 bits per heavy atom. The van der Waals surface area contributed by atoms with Gasteiger partial charge in [-0.05, 0) is 61.3 Å². The summed E-state index contributed by atoms with van der Waals surface area (Å²) in [6.45, 7) is 2.78. The Hall–Kier alpha value is -3.05. The Labute approximate surface area is 170 Å². The monoisotopic (exact) mass is 389 g/mol. The Kier molecular flexibility index (Phi) is 5.67. The van der Waals surface area contributed by atoms with Crippen LogP contribution in [0.5, 0.6) is 0 Å². The molecule has 1 atom stereocenters. The minimum absolute atomic E-state index is 0.202. The summed E-state index contributed by atoms with van der Waals surface area (Å²) in [6, 6.07) is 20.1. The second-order valence-corrected chi connectivity index (χ2v) is 7.59. The molecule has 1 amide bonds. The van der Waals surface area contributed by atoms with Gasteiger partial charge in [-0.3, -0.25) is 14.7 Å². The zero-order chi connectivity index (χ0) is 20.2. The van der Waals surface area contributed by atoms with E-state index in [1.54, 1.807) is 12.1 Å². The zero-order valence-electron chi connectivity index (χ0n) is 16.2. The number of amides is 1. The van der Waals surface area contributed by atoms with Crippen molar-refractivity contribution >= 4 is 5.91 Å². The van der Waals surface area contributed by atoms with Gasteiger partial charge in [0.2, 0.25) is 5.91 Å². The van der Waals surface area contributed by atoms with Gasteiger partial charge in [-0.2, -0.15) is 0 Å². The first-order valence-electron chi connectivity index (χ1n) is 9.92. The van der Waals surface area contributed by atoms with Gasteiger partial charge in [0.15, 0.2) is 0 Å². The number of benzene rings is 2. The van der Waals surface area contributed by atoms with Crippen molar-refractivity contribution in [3.63, 3.8) is 0 Å². The van der Waals surface area contributed by atoms with Gasteiger partial charge in [0.25, 0.3) is 0 Å². The Bertz CT molecular complexity index is 1000. The second-order valence-electron chi connectivity index (χ2n) is 7.59. The normalized spacial score (nSPS) is 17.2. The number of primary amides is 1. The highest BCUT2D eigenvalue weighted by Gasteiger charge is 2.22. The fourth-order valence-electron chi connectivity index (χ4n) is 3.96. The minimum atomic E-state index is -0.438. The van der Waals surface area contributed by atoms with Crippen molar-refractivity contribution in [2.45, 2.75) is 25.3 Å². The molecular formula is C24H24FN3O. The molecule has 1 aliphatic rings. The number of aromatic nitrogens is 1. The molecule has 0 radical (unpaired) electrons. The number of hydrogen-bond acceptors (Lipinski definition) is 3. The summed E-state index contributed by atoms with van der Waals surface area (Å²) in [5, 5.41) is 0. The summed E-state index contributed by atoms with van der Waals surface area (Å²) in [5.74, 6) is -0.290. The number of nitrogens with zero attached hydrogens (tertiary/aromatic N) is 2. The lowest BCUT2D eigenvalue weighted by molar-refractivity contribution is 0.100. The molecule has 0 spiro atoms. The topological polar surface area (TPSA) is 59.2 Å². The van der Waals surface area contributed by atoms with Gasteiger partial charge in [0, 0.05) is 35.8 Å². The number of carbonyl (C=O) groups is 1. The predicted octanol–water partition coefficient (Wildman–Crippen LogP) is 4.37. The molecule has 2 N–H and O–H groups in total. The highest BCUT2D eigenvalue weighted by molar-refractivity contribution is 5.93. The summed E-state index contributed by atoms with van der Waals surface area (Å²) >= 11 is 0. The van der Waals surface area contributed by atoms with Crippen LogP contribution >= 0.6 is 0 Å². The van der Waals surface area contributed by atoms with Crippen LogP contribution in [0.15, 0.2) is 66.7 Å². The van der Waals surface area contributed by atoms with E-state index in [0.29, 0.717) is 11.5 Å². The van der Waals surface area contributed by atoms with E-state index < -0.39 is 5.91 Å². The quantitative estimate of drug-likeness (QED) is 0.705. The molecule has 0 aliphatic carbocycles. The maximum absolute atomic E-state index is 13.1. The highest BCUT2D eigenvalue weighted by atomic mass is 19.1. The van der Waals surface area contributed by atoms with E-state index in [4.69, 9.17) is 10.7 Å². The van der Waals surface area contributed by atoms with E-state index in [1.807, 2.05) is 36.4 Å². The van der Waals surface area contributed by atoms with Gasteiger partial charge in [-0.15, -0.1) is 0 Å². The molecule has 4 nitrogen and oxygen atoms in total. The van der Waals surface area contributed by atoms with E-state index >= 15 is 0 Å². The van der Waals surface area contributed by atoms with Crippen molar-refractivity contribution in [2.75, 3.05) is 13.1 Å². The van der Waals surface area contributed by atoms with Crippen LogP contribution in [0, 0.1) is 5.82 Å². The number of piperidine rings is 1. The molecule has 0 unspecified atom stereocenters. The van der Waals surface area contributed by atoms with Crippen LogP contribution in [0.3, 0.4) is 0 Å². The molecule has 1 aromatic heterocycles. The molecule has 1 fully saturated rings. The SMILES string of the molecule is NC(=O)c1cccc(-c2cccc([C@H]3CCCN(Cc4ccc(F)cc4)C3)n2)c1. The molecule has 2 aromatic carbocycles. The maximum Gasteiger partial charge on any atom is 0.248 e. The number of hydrogen-bond donors (Lipinski definition) is 1. The first kappa shape index (κ1) is 19.3. The summed E-state index contributed by atoms with van der Waals surface area (Å²) in [5.41, 5.74) is 9.82. The average Bonchev–Trinajstić information content (AvgIpc) is 2.76. The van der Waals surface area contributed by atoms with Gasteiger partial charge in [-0.25, -0.2) is 4.39 Å². The lowest BCUT2D eigenvalue weighted by atomic mass is 9.93. The van der Waals surface area contributed by atoms with Gasteiger partial charge < -0.3 is 5.73 Å². The van der Waals surface area contributed by atoms with Crippen molar-refractivity contribution in [3.8, 4) is 11.3 Å². The maximum atomic E-state index is 13.1. The highest BCUT2D eigenvalue weighted by Crippen LogP contribution is 2.28. The number of likely N-dealkylation sites (tertiary alicyclic amines) is 1. The fourth-order valence-corrected chi connectivity index (χ4v) is 3.96. The number of pyridine rings is 1. The van der Waals surface area contributed by atoms with Crippen LogP contribution in [-0.4, -0.2) is 28.9 Å². The van der Waals surface area contributed by atoms with Crippen LogP contribution < -0.4 is 5.73 Å². The first-order valence-corrected chi connectivity index (χ1v) is 9.92. The van der Waals surface area contributed by atoms with Crippen LogP contribution in [0.1, 0.15) is 40.4 Å². The number of carbonyl (C=O) groups excluding carboxylic acids is 1. The molecule has 0 saturated carbocycles. The van der Waals surface area contributed by atoms with Gasteiger partial charge in [0.05, 0.1) is 5.69 Å². The molecular weight excluding hydrogens is 365 g/mol. The van der Waals surface area contributed by atoms with Crippen molar-refractivity contribution in [1.82, 2.24) is 9.88 Å². The van der Waals surface area contributed by atoms with E-state index in [-0.39, 0.29) is 5.82 Å². The third-order valence-corrected chi connectivity index (χ3v) is 5.46. The third-order valence-electron chi connectivity index (χ3n) is 5.46.